The molecule has 0 radical (unpaired) electrons. The van der Waals surface area contributed by atoms with Gasteiger partial charge in [-0.1, -0.05) is 20.8 Å². The highest BCUT2D eigenvalue weighted by Gasteiger charge is 2.61. The van der Waals surface area contributed by atoms with Crippen LogP contribution in [0, 0.1) is 22.6 Å². The van der Waals surface area contributed by atoms with E-state index in [1.165, 1.54) is 24.6 Å². The molecule has 2 bridgehead atoms. The van der Waals surface area contributed by atoms with Gasteiger partial charge in [0.2, 0.25) is 0 Å². The predicted molar refractivity (Wildman–Crippen MR) is 80.0 cm³/mol. The van der Waals surface area contributed by atoms with Crippen LogP contribution in [0.4, 0.5) is 10.1 Å². The van der Waals surface area contributed by atoms with Crippen LogP contribution in [0.1, 0.15) is 50.4 Å². The maximum absolute atomic E-state index is 14.0. The van der Waals surface area contributed by atoms with Crippen LogP contribution in [0.15, 0.2) is 18.2 Å². The lowest BCUT2D eigenvalue weighted by atomic mass is 9.69. The van der Waals surface area contributed by atoms with Gasteiger partial charge in [-0.05, 0) is 54.2 Å². The van der Waals surface area contributed by atoms with Gasteiger partial charge < -0.3 is 10.4 Å². The zero-order valence-corrected chi connectivity index (χ0v) is 12.7. The fourth-order valence-corrected chi connectivity index (χ4v) is 4.38. The summed E-state index contributed by atoms with van der Waals surface area (Å²) in [4.78, 5) is 11.0. The van der Waals surface area contributed by atoms with E-state index in [9.17, 15) is 9.18 Å². The third kappa shape index (κ3) is 1.95. The first kappa shape index (κ1) is 14.4. The molecule has 0 spiro atoms. The van der Waals surface area contributed by atoms with Crippen molar-refractivity contribution in [3.63, 3.8) is 0 Å². The molecular formula is C17H22FNO2. The van der Waals surface area contributed by atoms with E-state index in [0.717, 1.165) is 12.8 Å². The Morgan fingerprint density at radius 2 is 2.10 bits per heavy atom. The van der Waals surface area contributed by atoms with E-state index in [-0.39, 0.29) is 28.3 Å². The molecule has 0 heterocycles. The number of rotatable bonds is 3. The average molecular weight is 291 g/mol. The molecule has 3 rings (SSSR count). The molecule has 1 aromatic rings. The van der Waals surface area contributed by atoms with Crippen LogP contribution >= 0.6 is 0 Å². The number of halogens is 1. The molecule has 2 fully saturated rings. The second kappa shape index (κ2) is 4.46. The van der Waals surface area contributed by atoms with Crippen LogP contribution < -0.4 is 5.32 Å². The lowest BCUT2D eigenvalue weighted by molar-refractivity contribution is 0.0697. The molecule has 2 aliphatic carbocycles. The summed E-state index contributed by atoms with van der Waals surface area (Å²) in [6, 6.07) is 4.13. The molecule has 3 atom stereocenters. The largest absolute Gasteiger partial charge is 0.478 e. The summed E-state index contributed by atoms with van der Waals surface area (Å²) in [7, 11) is 0. The third-order valence-corrected chi connectivity index (χ3v) is 6.34. The average Bonchev–Trinajstić information content (AvgIpc) is 2.74. The molecule has 0 aliphatic heterocycles. The minimum Gasteiger partial charge on any atom is -0.478 e. The van der Waals surface area contributed by atoms with Crippen molar-refractivity contribution < 1.29 is 14.3 Å². The number of carbonyl (C=O) groups is 1. The molecule has 0 amide bonds. The van der Waals surface area contributed by atoms with E-state index in [0.29, 0.717) is 11.6 Å². The maximum Gasteiger partial charge on any atom is 0.335 e. The van der Waals surface area contributed by atoms with Gasteiger partial charge in [0.1, 0.15) is 5.82 Å². The van der Waals surface area contributed by atoms with E-state index in [2.05, 4.69) is 26.1 Å². The summed E-state index contributed by atoms with van der Waals surface area (Å²) in [6.45, 7) is 6.88. The topological polar surface area (TPSA) is 49.3 Å². The quantitative estimate of drug-likeness (QED) is 0.879. The molecule has 0 saturated heterocycles. The smallest absolute Gasteiger partial charge is 0.335 e. The summed E-state index contributed by atoms with van der Waals surface area (Å²) >= 11 is 0. The van der Waals surface area contributed by atoms with Crippen molar-refractivity contribution in [3.8, 4) is 0 Å². The Morgan fingerprint density at radius 1 is 1.38 bits per heavy atom. The molecule has 0 aromatic heterocycles. The minimum atomic E-state index is -1.03. The van der Waals surface area contributed by atoms with Crippen molar-refractivity contribution in [1.82, 2.24) is 0 Å². The first-order valence-electron chi connectivity index (χ1n) is 7.55. The number of benzene rings is 1. The lowest BCUT2D eigenvalue weighted by Crippen LogP contribution is -2.40. The number of fused-ring (bicyclic) bond motifs is 2. The fraction of sp³-hybridized carbons (Fsp3) is 0.588. The van der Waals surface area contributed by atoms with Crippen molar-refractivity contribution in [2.45, 2.75) is 46.1 Å². The molecular weight excluding hydrogens is 269 g/mol. The standard InChI is InChI=1S/C17H22FNO2/c1-16(2)11-6-7-17(16,3)14(9-11)19-13-8-10(15(20)21)4-5-12(13)18/h4-5,8,11,14,19H,6-7,9H2,1-3H3,(H,20,21). The van der Waals surface area contributed by atoms with Gasteiger partial charge in [0.05, 0.1) is 11.3 Å². The summed E-state index contributed by atoms with van der Waals surface area (Å²) in [5.74, 6) is -0.757. The van der Waals surface area contributed by atoms with E-state index in [1.807, 2.05) is 0 Å². The summed E-state index contributed by atoms with van der Waals surface area (Å²) < 4.78 is 14.0. The van der Waals surface area contributed by atoms with E-state index in [1.54, 1.807) is 0 Å². The van der Waals surface area contributed by atoms with Gasteiger partial charge in [0.15, 0.2) is 0 Å². The molecule has 2 saturated carbocycles. The van der Waals surface area contributed by atoms with E-state index >= 15 is 0 Å². The molecule has 114 valence electrons. The van der Waals surface area contributed by atoms with Gasteiger partial charge in [0, 0.05) is 6.04 Å². The predicted octanol–water partition coefficient (Wildman–Crippen LogP) is 4.15. The normalized spacial score (nSPS) is 33.1. The Morgan fingerprint density at radius 3 is 2.62 bits per heavy atom. The number of carboxylic acids is 1. The number of nitrogens with one attached hydrogen (secondary N) is 1. The van der Waals surface area contributed by atoms with Gasteiger partial charge in [-0.3, -0.25) is 0 Å². The van der Waals surface area contributed by atoms with Crippen molar-refractivity contribution in [2.75, 3.05) is 5.32 Å². The van der Waals surface area contributed by atoms with Crippen LogP contribution in [0.25, 0.3) is 0 Å². The molecule has 21 heavy (non-hydrogen) atoms. The first-order valence-corrected chi connectivity index (χ1v) is 7.55. The first-order chi connectivity index (χ1) is 9.75. The van der Waals surface area contributed by atoms with E-state index in [4.69, 9.17) is 5.11 Å². The second-order valence-corrected chi connectivity index (χ2v) is 7.31. The SMILES string of the molecule is CC1(C)C2CCC1(C)C(Nc1cc(C(=O)O)ccc1F)C2. The zero-order chi connectivity index (χ0) is 15.4. The summed E-state index contributed by atoms with van der Waals surface area (Å²) in [6.07, 6.45) is 3.40. The summed E-state index contributed by atoms with van der Waals surface area (Å²) in [5, 5.41) is 12.3. The highest BCUT2D eigenvalue weighted by Crippen LogP contribution is 2.65. The second-order valence-electron chi connectivity index (χ2n) is 7.31. The van der Waals surface area contributed by atoms with Crippen LogP contribution in [-0.2, 0) is 0 Å². The molecule has 3 nitrogen and oxygen atoms in total. The van der Waals surface area contributed by atoms with Crippen LogP contribution in [0.5, 0.6) is 0 Å². The third-order valence-electron chi connectivity index (χ3n) is 6.34. The Hall–Kier alpha value is -1.58. The van der Waals surface area contributed by atoms with Crippen LogP contribution in [-0.4, -0.2) is 17.1 Å². The summed E-state index contributed by atoms with van der Waals surface area (Å²) in [5.41, 5.74) is 0.797. The maximum atomic E-state index is 14.0. The van der Waals surface area contributed by atoms with Crippen molar-refractivity contribution in [3.05, 3.63) is 29.6 Å². The number of hydrogen-bond donors (Lipinski definition) is 2. The van der Waals surface area contributed by atoms with Crippen molar-refractivity contribution in [2.24, 2.45) is 16.7 Å². The monoisotopic (exact) mass is 291 g/mol. The molecule has 3 unspecified atom stereocenters. The lowest BCUT2D eigenvalue weighted by Gasteiger charge is -2.40. The molecule has 4 heteroatoms. The molecule has 2 aliphatic rings. The molecule has 2 N–H and O–H groups in total. The Balaban J connectivity index is 1.89. The number of hydrogen-bond acceptors (Lipinski definition) is 2. The Kier molecular flexibility index (Phi) is 3.05. The number of carboxylic acid groups (broad SMARTS) is 1. The Labute approximate surface area is 124 Å². The van der Waals surface area contributed by atoms with Crippen molar-refractivity contribution >= 4 is 11.7 Å². The van der Waals surface area contributed by atoms with Gasteiger partial charge >= 0.3 is 5.97 Å². The Bertz CT molecular complexity index is 598. The van der Waals surface area contributed by atoms with Gasteiger partial charge in [-0.25, -0.2) is 9.18 Å². The van der Waals surface area contributed by atoms with Crippen LogP contribution in [0.3, 0.4) is 0 Å². The highest BCUT2D eigenvalue weighted by atomic mass is 19.1. The number of aromatic carboxylic acids is 1. The molecule has 1 aromatic carbocycles. The van der Waals surface area contributed by atoms with Gasteiger partial charge in [-0.15, -0.1) is 0 Å². The fourth-order valence-electron chi connectivity index (χ4n) is 4.38. The number of anilines is 1. The van der Waals surface area contributed by atoms with Gasteiger partial charge in [0.25, 0.3) is 0 Å². The zero-order valence-electron chi connectivity index (χ0n) is 12.7. The van der Waals surface area contributed by atoms with Crippen molar-refractivity contribution in [1.29, 1.82) is 0 Å². The highest BCUT2D eigenvalue weighted by molar-refractivity contribution is 5.88. The minimum absolute atomic E-state index is 0.117. The van der Waals surface area contributed by atoms with Crippen LogP contribution in [0.2, 0.25) is 0 Å². The van der Waals surface area contributed by atoms with Gasteiger partial charge in [-0.2, -0.15) is 0 Å². The van der Waals surface area contributed by atoms with E-state index < -0.39 is 5.97 Å².